The maximum atomic E-state index is 14.5. The molecule has 21 heteroatoms. The van der Waals surface area contributed by atoms with Crippen LogP contribution in [0.3, 0.4) is 0 Å². The highest BCUT2D eigenvalue weighted by Gasteiger charge is 2.38. The fourth-order valence-electron chi connectivity index (χ4n) is 8.64. The summed E-state index contributed by atoms with van der Waals surface area (Å²) in [4.78, 5) is 110. The Morgan fingerprint density at radius 1 is 0.315 bits per heavy atom. The number of phosphoric acid groups is 1. The van der Waals surface area contributed by atoms with Gasteiger partial charge in [0, 0.05) is 22.3 Å². The van der Waals surface area contributed by atoms with Gasteiger partial charge in [-0.15, -0.1) is 0 Å². The normalized spacial score (nSPS) is 12.3. The van der Waals surface area contributed by atoms with Crippen molar-refractivity contribution in [3.05, 3.63) is 166 Å². The average Bonchev–Trinajstić information content (AvgIpc) is 3.47. The third kappa shape index (κ3) is 8.89. The highest BCUT2D eigenvalue weighted by molar-refractivity contribution is 7.48. The quantitative estimate of drug-likeness (QED) is 0.0514. The number of hydrogen-bond acceptors (Lipinski definition) is 11. The van der Waals surface area contributed by atoms with E-state index in [1.165, 1.54) is 72.8 Å². The molecular weight excluding hydrogens is 976 g/mol. The molecule has 0 unspecified atom stereocenters. The van der Waals surface area contributed by atoms with E-state index < -0.39 is 112 Å². The van der Waals surface area contributed by atoms with E-state index in [-0.39, 0.29) is 77.2 Å². The Bertz CT molecular complexity index is 3570. The van der Waals surface area contributed by atoms with Crippen molar-refractivity contribution >= 4 is 77.1 Å². The molecule has 0 aliphatic carbocycles. The summed E-state index contributed by atoms with van der Waals surface area (Å²) in [6, 6.07) is 24.0. The van der Waals surface area contributed by atoms with Crippen LogP contribution in [0, 0.1) is 0 Å². The van der Waals surface area contributed by atoms with E-state index in [9.17, 15) is 88.7 Å². The van der Waals surface area contributed by atoms with Crippen LogP contribution in [0.2, 0.25) is 0 Å². The summed E-state index contributed by atoms with van der Waals surface area (Å²) in [5.74, 6) is -13.2. The summed E-state index contributed by atoms with van der Waals surface area (Å²) < 4.78 is 26.3. The second-order valence-electron chi connectivity index (χ2n) is 16.4. The lowest BCUT2D eigenvalue weighted by molar-refractivity contribution is 0.0676. The molecule has 1 heterocycles. The fraction of sp³-hybridized carbons (Fsp3) is 0. The summed E-state index contributed by atoms with van der Waals surface area (Å²) in [7, 11) is -5.53. The van der Waals surface area contributed by atoms with Crippen molar-refractivity contribution in [3.63, 3.8) is 0 Å². The molecule has 20 nitrogen and oxygen atoms in total. The van der Waals surface area contributed by atoms with Crippen LogP contribution < -0.4 is 9.05 Å². The molecule has 0 spiro atoms. The van der Waals surface area contributed by atoms with Crippen molar-refractivity contribution < 1.29 is 97.7 Å². The monoisotopic (exact) mass is 1000 g/mol. The van der Waals surface area contributed by atoms with E-state index in [1.54, 1.807) is 0 Å². The first-order chi connectivity index (χ1) is 34.5. The second-order valence-corrected chi connectivity index (χ2v) is 17.7. The van der Waals surface area contributed by atoms with Crippen molar-refractivity contribution in [2.45, 2.75) is 0 Å². The molecule has 0 saturated carbocycles. The number of fused-ring (bicyclic) bond motifs is 7. The largest absolute Gasteiger partial charge is 0.584 e. The third-order valence-corrected chi connectivity index (χ3v) is 12.7. The number of benzene rings is 8. The molecule has 362 valence electrons. The molecule has 1 aliphatic rings. The van der Waals surface area contributed by atoms with Crippen molar-refractivity contribution in [1.82, 2.24) is 0 Å². The van der Waals surface area contributed by atoms with Gasteiger partial charge in [0.05, 0.1) is 44.5 Å². The molecular formula is C52H29O20P. The van der Waals surface area contributed by atoms with Crippen molar-refractivity contribution in [2.75, 3.05) is 0 Å². The SMILES string of the molecule is O=C(O)c1cc(C(=O)O)cc(-c2ccc3c4c(c(-c5cc(C(=O)O)cc(C(=O)O)c5)cc3c2)OP(=O)(O)Oc2c(-c3cc(C(=O)O)cc(C(=O)O)c3)cc3cc(-c5cc(C(=O)O)cc(C(=O)O)c5)ccc3c2-4)c1. The molecule has 0 bridgehead atoms. The van der Waals surface area contributed by atoms with E-state index in [4.69, 9.17) is 9.05 Å². The Hall–Kier alpha value is -10.2. The van der Waals surface area contributed by atoms with Crippen LogP contribution in [0.25, 0.3) is 77.2 Å². The number of carboxylic acids is 8. The average molecular weight is 1000 g/mol. The Morgan fingerprint density at radius 2 is 0.562 bits per heavy atom. The number of rotatable bonds is 12. The van der Waals surface area contributed by atoms with Crippen LogP contribution in [0.5, 0.6) is 11.5 Å². The van der Waals surface area contributed by atoms with E-state index in [0.717, 1.165) is 48.5 Å². The molecule has 1 aliphatic heterocycles. The lowest BCUT2D eigenvalue weighted by Gasteiger charge is -2.20. The Balaban J connectivity index is 1.48. The smallest absolute Gasteiger partial charge is 0.478 e. The topological polar surface area (TPSA) is 354 Å². The number of carbonyl (C=O) groups is 8. The molecule has 8 aromatic carbocycles. The van der Waals surface area contributed by atoms with Gasteiger partial charge in [-0.25, -0.2) is 42.9 Å². The van der Waals surface area contributed by atoms with Gasteiger partial charge in [-0.2, -0.15) is 0 Å². The number of aromatic carboxylic acids is 8. The zero-order valence-electron chi connectivity index (χ0n) is 36.5. The molecule has 0 aromatic heterocycles. The van der Waals surface area contributed by atoms with E-state index in [2.05, 4.69) is 0 Å². The molecule has 0 atom stereocenters. The second kappa shape index (κ2) is 17.7. The third-order valence-electron chi connectivity index (χ3n) is 11.8. The molecule has 9 rings (SSSR count). The van der Waals surface area contributed by atoms with Gasteiger partial charge in [0.15, 0.2) is 0 Å². The minimum absolute atomic E-state index is 0.0856. The van der Waals surface area contributed by atoms with E-state index in [1.807, 2.05) is 0 Å². The summed E-state index contributed by atoms with van der Waals surface area (Å²) >= 11 is 0. The van der Waals surface area contributed by atoms with Crippen molar-refractivity contribution in [1.29, 1.82) is 0 Å². The predicted molar refractivity (Wildman–Crippen MR) is 255 cm³/mol. The Labute approximate surface area is 406 Å². The molecule has 8 aromatic rings. The first-order valence-electron chi connectivity index (χ1n) is 20.9. The Morgan fingerprint density at radius 3 is 0.808 bits per heavy atom. The van der Waals surface area contributed by atoms with Gasteiger partial charge >= 0.3 is 55.6 Å². The summed E-state index contributed by atoms with van der Waals surface area (Å²) in [6.45, 7) is 0. The zero-order valence-corrected chi connectivity index (χ0v) is 37.4. The highest BCUT2D eigenvalue weighted by Crippen LogP contribution is 2.62. The van der Waals surface area contributed by atoms with Crippen LogP contribution in [0.1, 0.15) is 82.9 Å². The maximum Gasteiger partial charge on any atom is 0.584 e. The Kier molecular flexibility index (Phi) is 11.6. The maximum absolute atomic E-state index is 14.5. The van der Waals surface area contributed by atoms with Crippen molar-refractivity contribution in [3.8, 4) is 67.1 Å². The van der Waals surface area contributed by atoms with Gasteiger partial charge in [0.1, 0.15) is 11.5 Å². The zero-order chi connectivity index (χ0) is 52.5. The van der Waals surface area contributed by atoms with Gasteiger partial charge in [-0.3, -0.25) is 4.89 Å². The van der Waals surface area contributed by atoms with E-state index in [0.29, 0.717) is 0 Å². The summed E-state index contributed by atoms with van der Waals surface area (Å²) in [5.41, 5.74) is -4.34. The van der Waals surface area contributed by atoms with Crippen molar-refractivity contribution in [2.24, 2.45) is 0 Å². The standard InChI is InChI=1S/C52H29O20P/c53-45(54)29-7-23(8-30(15-29)46(55)56)21-1-3-37-27(5-21)19-39(25-11-33(49(61)62)17-34(12-25)50(63)64)43-41(37)42-38-4-2-22(24-9-31(47(57)58)16-32(10-24)48(59)60)6-28(38)20-40(44(42)72-73(69,70)71-43)26-13-35(51(65)66)18-36(14-26)52(67)68/h1-20H,(H,53,54)(H,55,56)(H,57,58)(H,59,60)(H,61,62)(H,63,64)(H,65,66)(H,67,68)(H,69,70). The minimum Gasteiger partial charge on any atom is -0.478 e. The molecule has 0 amide bonds. The van der Waals surface area contributed by atoms with Crippen LogP contribution >= 0.6 is 7.82 Å². The van der Waals surface area contributed by atoms with Gasteiger partial charge in [0.25, 0.3) is 0 Å². The van der Waals surface area contributed by atoms with Crippen LogP contribution in [-0.4, -0.2) is 93.5 Å². The number of hydrogen-bond donors (Lipinski definition) is 9. The number of phosphoric ester groups is 1. The van der Waals surface area contributed by atoms with Crippen LogP contribution in [-0.2, 0) is 4.57 Å². The van der Waals surface area contributed by atoms with Crippen LogP contribution in [0.15, 0.2) is 121 Å². The molecule has 0 radical (unpaired) electrons. The number of carboxylic acid groups (broad SMARTS) is 8. The van der Waals surface area contributed by atoms with Gasteiger partial charge in [-0.1, -0.05) is 24.3 Å². The van der Waals surface area contributed by atoms with Gasteiger partial charge in [0.2, 0.25) is 0 Å². The molecule has 0 saturated heterocycles. The molecule has 9 N–H and O–H groups in total. The summed E-state index contributed by atoms with van der Waals surface area (Å²) in [6.07, 6.45) is 0. The first-order valence-corrected chi connectivity index (χ1v) is 22.4. The van der Waals surface area contributed by atoms with Crippen LogP contribution in [0.4, 0.5) is 0 Å². The molecule has 73 heavy (non-hydrogen) atoms. The lowest BCUT2D eigenvalue weighted by Crippen LogP contribution is -2.04. The fourth-order valence-corrected chi connectivity index (χ4v) is 9.52. The highest BCUT2D eigenvalue weighted by atomic mass is 31.2. The molecule has 0 fully saturated rings. The lowest BCUT2D eigenvalue weighted by atomic mass is 9.84. The van der Waals surface area contributed by atoms with Gasteiger partial charge < -0.3 is 49.9 Å². The summed E-state index contributed by atoms with van der Waals surface area (Å²) in [5, 5.41) is 80.6. The minimum atomic E-state index is -5.53. The predicted octanol–water partition coefficient (Wildman–Crippen LogP) is 9.79. The first kappa shape index (κ1) is 47.9. The van der Waals surface area contributed by atoms with Gasteiger partial charge in [-0.05, 0) is 152 Å². The van der Waals surface area contributed by atoms with E-state index >= 15 is 0 Å².